The van der Waals surface area contributed by atoms with Gasteiger partial charge in [-0.25, -0.2) is 9.18 Å². The predicted octanol–water partition coefficient (Wildman–Crippen LogP) is 4.21. The standard InChI is InChI=1S/C21H16FNO4S/c22-16-6-2-7-18-15(16)11-19(28-18)21(26)27-12-17(24)13-4-1-5-14(10-13)23-9-3-8-20(23)25/h1-2,4-7,10-11H,3,8-9,12H2. The smallest absolute Gasteiger partial charge is 0.348 e. The quantitative estimate of drug-likeness (QED) is 0.478. The lowest BCUT2D eigenvalue weighted by Crippen LogP contribution is -2.24. The molecule has 0 radical (unpaired) electrons. The molecule has 28 heavy (non-hydrogen) atoms. The number of Topliss-reactive ketones (excluding diaryl/α,β-unsaturated/α-hetero) is 1. The fourth-order valence-electron chi connectivity index (χ4n) is 3.18. The van der Waals surface area contributed by atoms with E-state index in [1.54, 1.807) is 41.3 Å². The molecule has 1 aromatic heterocycles. The number of hydrogen-bond acceptors (Lipinski definition) is 5. The lowest BCUT2D eigenvalue weighted by molar-refractivity contribution is -0.117. The van der Waals surface area contributed by atoms with Gasteiger partial charge in [-0.15, -0.1) is 11.3 Å². The first-order chi connectivity index (χ1) is 13.5. The third-order valence-corrected chi connectivity index (χ3v) is 5.68. The Hall–Kier alpha value is -3.06. The minimum Gasteiger partial charge on any atom is -0.453 e. The lowest BCUT2D eigenvalue weighted by Gasteiger charge is -2.16. The Morgan fingerprint density at radius 2 is 1.96 bits per heavy atom. The van der Waals surface area contributed by atoms with E-state index in [1.807, 2.05) is 0 Å². The number of fused-ring (bicyclic) bond motifs is 1. The number of esters is 1. The zero-order valence-corrected chi connectivity index (χ0v) is 15.6. The number of carbonyl (C=O) groups is 3. The summed E-state index contributed by atoms with van der Waals surface area (Å²) < 4.78 is 19.5. The fraction of sp³-hybridized carbons (Fsp3) is 0.190. The maximum absolute atomic E-state index is 13.8. The molecule has 0 unspecified atom stereocenters. The third-order valence-electron chi connectivity index (χ3n) is 4.60. The van der Waals surface area contributed by atoms with Gasteiger partial charge in [-0.3, -0.25) is 9.59 Å². The van der Waals surface area contributed by atoms with E-state index in [0.717, 1.165) is 17.8 Å². The second-order valence-corrected chi connectivity index (χ2v) is 7.54. The Bertz CT molecular complexity index is 1090. The molecule has 1 amide bonds. The van der Waals surface area contributed by atoms with Gasteiger partial charge in [0.2, 0.25) is 5.91 Å². The highest BCUT2D eigenvalue weighted by molar-refractivity contribution is 7.20. The summed E-state index contributed by atoms with van der Waals surface area (Å²) in [5.74, 6) is -1.40. The number of ketones is 1. The van der Waals surface area contributed by atoms with Gasteiger partial charge in [0, 0.05) is 34.3 Å². The Labute approximate surface area is 164 Å². The average molecular weight is 397 g/mol. The molecule has 0 N–H and O–H groups in total. The average Bonchev–Trinajstić information content (AvgIpc) is 3.33. The van der Waals surface area contributed by atoms with Gasteiger partial charge in [0.1, 0.15) is 10.7 Å². The number of anilines is 1. The molecule has 1 fully saturated rings. The molecular formula is C21H16FNO4S. The van der Waals surface area contributed by atoms with Crippen LogP contribution < -0.4 is 4.90 Å². The molecule has 0 bridgehead atoms. The number of rotatable bonds is 5. The van der Waals surface area contributed by atoms with E-state index in [9.17, 15) is 18.8 Å². The van der Waals surface area contributed by atoms with E-state index >= 15 is 0 Å². The number of hydrogen-bond donors (Lipinski definition) is 0. The van der Waals surface area contributed by atoms with Gasteiger partial charge in [0.15, 0.2) is 12.4 Å². The Kier molecular flexibility index (Phi) is 4.92. The van der Waals surface area contributed by atoms with Crippen molar-refractivity contribution in [2.45, 2.75) is 12.8 Å². The second kappa shape index (κ2) is 7.52. The first-order valence-corrected chi connectivity index (χ1v) is 9.63. The van der Waals surface area contributed by atoms with E-state index in [4.69, 9.17) is 4.74 Å². The highest BCUT2D eigenvalue weighted by Crippen LogP contribution is 2.28. The lowest BCUT2D eigenvalue weighted by atomic mass is 10.1. The molecule has 7 heteroatoms. The molecular weight excluding hydrogens is 381 g/mol. The highest BCUT2D eigenvalue weighted by Gasteiger charge is 2.22. The summed E-state index contributed by atoms with van der Waals surface area (Å²) in [5.41, 5.74) is 1.03. The van der Waals surface area contributed by atoms with Crippen molar-refractivity contribution in [2.24, 2.45) is 0 Å². The summed E-state index contributed by atoms with van der Waals surface area (Å²) in [5, 5.41) is 0.355. The van der Waals surface area contributed by atoms with E-state index in [0.29, 0.717) is 34.3 Å². The van der Waals surface area contributed by atoms with Crippen molar-refractivity contribution in [3.63, 3.8) is 0 Å². The number of ether oxygens (including phenoxy) is 1. The summed E-state index contributed by atoms with van der Waals surface area (Å²) in [4.78, 5) is 38.4. The zero-order valence-electron chi connectivity index (χ0n) is 14.8. The Morgan fingerprint density at radius 1 is 1.14 bits per heavy atom. The number of thiophene rings is 1. The van der Waals surface area contributed by atoms with Gasteiger partial charge in [-0.05, 0) is 36.8 Å². The van der Waals surface area contributed by atoms with Crippen LogP contribution in [0.1, 0.15) is 32.9 Å². The van der Waals surface area contributed by atoms with Crippen LogP contribution in [0.3, 0.4) is 0 Å². The summed E-state index contributed by atoms with van der Waals surface area (Å²) in [6, 6.07) is 12.8. The van der Waals surface area contributed by atoms with Crippen LogP contribution in [-0.2, 0) is 9.53 Å². The van der Waals surface area contributed by atoms with Crippen molar-refractivity contribution < 1.29 is 23.5 Å². The van der Waals surface area contributed by atoms with E-state index < -0.39 is 18.4 Å². The van der Waals surface area contributed by atoms with Crippen molar-refractivity contribution in [3.8, 4) is 0 Å². The molecule has 5 nitrogen and oxygen atoms in total. The van der Waals surface area contributed by atoms with Gasteiger partial charge < -0.3 is 9.64 Å². The first kappa shape index (κ1) is 18.3. The molecule has 4 rings (SSSR count). The van der Waals surface area contributed by atoms with Crippen LogP contribution in [0, 0.1) is 5.82 Å². The van der Waals surface area contributed by atoms with E-state index in [-0.39, 0.29) is 16.6 Å². The number of carbonyl (C=O) groups excluding carboxylic acids is 3. The third kappa shape index (κ3) is 3.53. The molecule has 1 saturated heterocycles. The van der Waals surface area contributed by atoms with Crippen molar-refractivity contribution in [1.82, 2.24) is 0 Å². The van der Waals surface area contributed by atoms with Crippen LogP contribution in [0.5, 0.6) is 0 Å². The minimum atomic E-state index is -0.667. The molecule has 2 heterocycles. The molecule has 0 spiro atoms. The van der Waals surface area contributed by atoms with Gasteiger partial charge in [0.25, 0.3) is 0 Å². The molecule has 142 valence electrons. The monoisotopic (exact) mass is 397 g/mol. The van der Waals surface area contributed by atoms with Gasteiger partial charge >= 0.3 is 5.97 Å². The van der Waals surface area contributed by atoms with E-state index in [1.165, 1.54) is 12.1 Å². The first-order valence-electron chi connectivity index (χ1n) is 8.82. The van der Waals surface area contributed by atoms with Crippen molar-refractivity contribution >= 4 is 44.8 Å². The molecule has 3 aromatic rings. The van der Waals surface area contributed by atoms with Gasteiger partial charge in [-0.2, -0.15) is 0 Å². The summed E-state index contributed by atoms with van der Waals surface area (Å²) in [6.45, 7) is 0.209. The molecule has 2 aromatic carbocycles. The van der Waals surface area contributed by atoms with Crippen LogP contribution in [0.15, 0.2) is 48.5 Å². The number of benzene rings is 2. The minimum absolute atomic E-state index is 0.0352. The summed E-state index contributed by atoms with van der Waals surface area (Å²) >= 11 is 1.12. The number of nitrogens with zero attached hydrogens (tertiary/aromatic N) is 1. The van der Waals surface area contributed by atoms with Crippen molar-refractivity contribution in [3.05, 3.63) is 64.8 Å². The summed E-state index contributed by atoms with van der Waals surface area (Å²) in [7, 11) is 0. The maximum atomic E-state index is 13.8. The predicted molar refractivity (Wildman–Crippen MR) is 104 cm³/mol. The highest BCUT2D eigenvalue weighted by atomic mass is 32.1. The Morgan fingerprint density at radius 3 is 2.71 bits per heavy atom. The fourth-order valence-corrected chi connectivity index (χ4v) is 4.15. The van der Waals surface area contributed by atoms with Crippen LogP contribution in [0.4, 0.5) is 10.1 Å². The van der Waals surface area contributed by atoms with E-state index in [2.05, 4.69) is 0 Å². The van der Waals surface area contributed by atoms with Gasteiger partial charge in [0.05, 0.1) is 0 Å². The van der Waals surface area contributed by atoms with Crippen LogP contribution in [0.25, 0.3) is 10.1 Å². The van der Waals surface area contributed by atoms with Crippen molar-refractivity contribution in [1.29, 1.82) is 0 Å². The van der Waals surface area contributed by atoms with Crippen LogP contribution >= 0.6 is 11.3 Å². The van der Waals surface area contributed by atoms with Gasteiger partial charge in [-0.1, -0.05) is 18.2 Å². The van der Waals surface area contributed by atoms with Crippen LogP contribution in [0.2, 0.25) is 0 Å². The normalized spacial score (nSPS) is 13.9. The number of amides is 1. The second-order valence-electron chi connectivity index (χ2n) is 6.46. The SMILES string of the molecule is O=C(COC(=O)c1cc2c(F)cccc2s1)c1cccc(N2CCCC2=O)c1. The molecule has 1 aliphatic heterocycles. The zero-order chi connectivity index (χ0) is 19.7. The molecule has 0 atom stereocenters. The molecule has 0 aliphatic carbocycles. The number of halogens is 1. The molecule has 1 aliphatic rings. The topological polar surface area (TPSA) is 63.7 Å². The largest absolute Gasteiger partial charge is 0.453 e. The van der Waals surface area contributed by atoms with Crippen LogP contribution in [-0.4, -0.2) is 30.8 Å². The Balaban J connectivity index is 1.44. The maximum Gasteiger partial charge on any atom is 0.348 e. The summed E-state index contributed by atoms with van der Waals surface area (Å²) in [6.07, 6.45) is 1.30. The van der Waals surface area contributed by atoms with Crippen molar-refractivity contribution in [2.75, 3.05) is 18.1 Å². The molecule has 0 saturated carbocycles.